The van der Waals surface area contributed by atoms with Gasteiger partial charge in [0.05, 0.1) is 17.3 Å². The van der Waals surface area contributed by atoms with E-state index in [0.29, 0.717) is 22.7 Å². The van der Waals surface area contributed by atoms with Crippen LogP contribution < -0.4 is 15.8 Å². The Morgan fingerprint density at radius 3 is 2.69 bits per heavy atom. The number of allylic oxidation sites excluding steroid dienone is 1. The highest BCUT2D eigenvalue weighted by Crippen LogP contribution is 2.43. The molecule has 29 heavy (non-hydrogen) atoms. The molecule has 6 nitrogen and oxygen atoms in total. The number of benzene rings is 1. The highest BCUT2D eigenvalue weighted by atomic mass is 35.5. The monoisotopic (exact) mass is 407 g/mol. The second-order valence-electron chi connectivity index (χ2n) is 7.44. The smallest absolute Gasteiger partial charge is 0.326 e. The van der Waals surface area contributed by atoms with Crippen molar-refractivity contribution in [1.29, 1.82) is 0 Å². The third-order valence-corrected chi connectivity index (χ3v) is 5.97. The maximum absolute atomic E-state index is 13.0. The lowest BCUT2D eigenvalue weighted by Crippen LogP contribution is -2.47. The number of nitrogens with one attached hydrogen (secondary N) is 1. The van der Waals surface area contributed by atoms with Gasteiger partial charge in [-0.15, -0.1) is 0 Å². The molecule has 2 atom stereocenters. The van der Waals surface area contributed by atoms with Crippen LogP contribution in [0.5, 0.6) is 0 Å². The highest BCUT2D eigenvalue weighted by Gasteiger charge is 2.42. The third-order valence-electron chi connectivity index (χ3n) is 5.72. The molecular formula is C22H18ClN3O3. The normalized spacial score (nSPS) is 21.9. The maximum Gasteiger partial charge on any atom is 0.326 e. The molecule has 1 aliphatic carbocycles. The zero-order valence-electron chi connectivity index (χ0n) is 15.6. The van der Waals surface area contributed by atoms with E-state index in [1.165, 1.54) is 4.57 Å². The average molecular weight is 408 g/mol. The SMILES string of the molecule is Cn1ccc2c(c1=O)C1=C3C(=CN(c4ccc(Cl)cc4)C3CC(C(=O)O)N1)C=C2. The van der Waals surface area contributed by atoms with Crippen LogP contribution in [0, 0.1) is 0 Å². The molecule has 0 radical (unpaired) electrons. The Labute approximate surface area is 172 Å². The van der Waals surface area contributed by atoms with Crippen LogP contribution in [0.2, 0.25) is 5.02 Å². The van der Waals surface area contributed by atoms with Gasteiger partial charge in [-0.25, -0.2) is 4.79 Å². The summed E-state index contributed by atoms with van der Waals surface area (Å²) in [5, 5.41) is 13.5. The molecule has 0 bridgehead atoms. The summed E-state index contributed by atoms with van der Waals surface area (Å²) in [6.45, 7) is 0. The van der Waals surface area contributed by atoms with Crippen LogP contribution in [0.15, 0.2) is 64.7 Å². The van der Waals surface area contributed by atoms with Gasteiger partial charge in [-0.3, -0.25) is 4.79 Å². The van der Waals surface area contributed by atoms with Gasteiger partial charge in [0.1, 0.15) is 6.04 Å². The van der Waals surface area contributed by atoms with Gasteiger partial charge < -0.3 is 19.9 Å². The molecule has 146 valence electrons. The van der Waals surface area contributed by atoms with Crippen LogP contribution in [-0.4, -0.2) is 27.7 Å². The summed E-state index contributed by atoms with van der Waals surface area (Å²) < 4.78 is 1.52. The third kappa shape index (κ3) is 2.71. The molecule has 0 spiro atoms. The van der Waals surface area contributed by atoms with Gasteiger partial charge in [0.25, 0.3) is 5.56 Å². The van der Waals surface area contributed by atoms with E-state index in [-0.39, 0.29) is 11.6 Å². The number of carboxylic acid groups (broad SMARTS) is 1. The predicted molar refractivity (Wildman–Crippen MR) is 113 cm³/mol. The summed E-state index contributed by atoms with van der Waals surface area (Å²) in [6.07, 6.45) is 8.03. The molecule has 2 aromatic rings. The number of hydrogen-bond donors (Lipinski definition) is 2. The number of aromatic nitrogens is 1. The molecule has 3 heterocycles. The van der Waals surface area contributed by atoms with Crippen molar-refractivity contribution in [2.45, 2.75) is 18.5 Å². The fourth-order valence-corrected chi connectivity index (χ4v) is 4.43. The molecule has 7 heteroatoms. The number of nitrogens with zero attached hydrogens (tertiary/aromatic N) is 2. The first-order valence-corrected chi connectivity index (χ1v) is 9.69. The summed E-state index contributed by atoms with van der Waals surface area (Å²) in [5.41, 5.74) is 4.59. The molecule has 1 aromatic heterocycles. The average Bonchev–Trinajstić information content (AvgIpc) is 2.99. The summed E-state index contributed by atoms with van der Waals surface area (Å²) in [4.78, 5) is 27.0. The molecule has 2 aliphatic heterocycles. The summed E-state index contributed by atoms with van der Waals surface area (Å²) >= 11 is 6.04. The van der Waals surface area contributed by atoms with Crippen LogP contribution in [0.4, 0.5) is 5.69 Å². The number of pyridine rings is 1. The fraction of sp³-hybridized carbons (Fsp3) is 0.182. The molecule has 5 rings (SSSR count). The number of carbonyl (C=O) groups is 1. The van der Waals surface area contributed by atoms with Crippen LogP contribution in [0.25, 0.3) is 11.8 Å². The molecular weight excluding hydrogens is 390 g/mol. The van der Waals surface area contributed by atoms with E-state index in [0.717, 1.165) is 22.4 Å². The minimum atomic E-state index is -0.937. The van der Waals surface area contributed by atoms with E-state index in [1.807, 2.05) is 48.7 Å². The molecule has 1 aromatic carbocycles. The van der Waals surface area contributed by atoms with Gasteiger partial charge >= 0.3 is 5.97 Å². The van der Waals surface area contributed by atoms with Gasteiger partial charge in [-0.1, -0.05) is 23.8 Å². The number of fused-ring (bicyclic) bond motifs is 2. The van der Waals surface area contributed by atoms with Crippen molar-refractivity contribution in [3.8, 4) is 0 Å². The first-order chi connectivity index (χ1) is 13.9. The van der Waals surface area contributed by atoms with E-state index in [2.05, 4.69) is 10.2 Å². The van der Waals surface area contributed by atoms with Crippen molar-refractivity contribution in [1.82, 2.24) is 9.88 Å². The molecule has 2 N–H and O–H groups in total. The summed E-state index contributed by atoms with van der Waals surface area (Å²) in [7, 11) is 1.70. The summed E-state index contributed by atoms with van der Waals surface area (Å²) in [5.74, 6) is -0.937. The Hall–Kier alpha value is -3.25. The van der Waals surface area contributed by atoms with Crippen molar-refractivity contribution >= 4 is 35.0 Å². The lowest BCUT2D eigenvalue weighted by Gasteiger charge is -2.35. The van der Waals surface area contributed by atoms with E-state index in [1.54, 1.807) is 13.2 Å². The topological polar surface area (TPSA) is 74.6 Å². The van der Waals surface area contributed by atoms with Crippen LogP contribution >= 0.6 is 11.6 Å². The number of carboxylic acids is 1. The maximum atomic E-state index is 13.0. The number of hydrogen-bond acceptors (Lipinski definition) is 4. The quantitative estimate of drug-likeness (QED) is 0.800. The van der Waals surface area contributed by atoms with Crippen LogP contribution in [0.1, 0.15) is 17.5 Å². The Balaban J connectivity index is 1.74. The molecule has 3 aliphatic rings. The van der Waals surface area contributed by atoms with E-state index < -0.39 is 12.0 Å². The van der Waals surface area contributed by atoms with Gasteiger partial charge in [0, 0.05) is 42.1 Å². The Kier molecular flexibility index (Phi) is 3.93. The largest absolute Gasteiger partial charge is 0.480 e. The molecule has 0 saturated carbocycles. The fourth-order valence-electron chi connectivity index (χ4n) is 4.30. The zero-order chi connectivity index (χ0) is 20.3. The van der Waals surface area contributed by atoms with Gasteiger partial charge in [-0.2, -0.15) is 0 Å². The van der Waals surface area contributed by atoms with Crippen molar-refractivity contribution in [2.75, 3.05) is 4.90 Å². The Bertz CT molecular complexity index is 1190. The first kappa shape index (κ1) is 17.8. The van der Waals surface area contributed by atoms with E-state index >= 15 is 0 Å². The molecule has 0 fully saturated rings. The second-order valence-corrected chi connectivity index (χ2v) is 7.88. The number of rotatable bonds is 2. The molecule has 0 saturated heterocycles. The molecule has 2 unspecified atom stereocenters. The number of halogens is 1. The van der Waals surface area contributed by atoms with Crippen LogP contribution in [-0.2, 0) is 11.8 Å². The van der Waals surface area contributed by atoms with Crippen molar-refractivity contribution < 1.29 is 9.90 Å². The Morgan fingerprint density at radius 1 is 1.21 bits per heavy atom. The van der Waals surface area contributed by atoms with Gasteiger partial charge in [0.15, 0.2) is 0 Å². The molecule has 0 amide bonds. The van der Waals surface area contributed by atoms with Crippen molar-refractivity contribution in [3.05, 3.63) is 86.5 Å². The highest BCUT2D eigenvalue weighted by molar-refractivity contribution is 6.30. The van der Waals surface area contributed by atoms with E-state index in [4.69, 9.17) is 11.6 Å². The number of aliphatic carboxylic acids is 1. The minimum Gasteiger partial charge on any atom is -0.480 e. The second kappa shape index (κ2) is 6.39. The van der Waals surface area contributed by atoms with Gasteiger partial charge in [-0.05, 0) is 41.5 Å². The number of anilines is 1. The van der Waals surface area contributed by atoms with Crippen LogP contribution in [0.3, 0.4) is 0 Å². The predicted octanol–water partition coefficient (Wildman–Crippen LogP) is 3.00. The Morgan fingerprint density at radius 2 is 1.97 bits per heavy atom. The summed E-state index contributed by atoms with van der Waals surface area (Å²) in [6, 6.07) is 8.35. The lowest BCUT2D eigenvalue weighted by atomic mass is 9.88. The van der Waals surface area contributed by atoms with Gasteiger partial charge in [0.2, 0.25) is 0 Å². The van der Waals surface area contributed by atoms with Crippen molar-refractivity contribution in [3.63, 3.8) is 0 Å². The first-order valence-electron chi connectivity index (χ1n) is 9.32. The van der Waals surface area contributed by atoms with Crippen molar-refractivity contribution in [2.24, 2.45) is 7.05 Å². The lowest BCUT2D eigenvalue weighted by molar-refractivity contribution is -0.139. The minimum absolute atomic E-state index is 0.155. The van der Waals surface area contributed by atoms with E-state index in [9.17, 15) is 14.7 Å². The standard InChI is InChI=1S/C22H18ClN3O3/c1-25-9-8-12-2-3-13-11-26(15-6-4-14(23)5-7-15)17-10-16(22(28)29)24-20(18(13)17)19(12)21(25)27/h2-9,11,16-17,24H,10H2,1H3,(H,28,29). The number of aryl methyl sites for hydroxylation is 1. The zero-order valence-corrected chi connectivity index (χ0v) is 16.3.